The zero-order valence-electron chi connectivity index (χ0n) is 14.1. The molecular formula is C16H14ClN5O4. The fourth-order valence-electron chi connectivity index (χ4n) is 2.64. The number of amides is 1. The van der Waals surface area contributed by atoms with Gasteiger partial charge in [0.15, 0.2) is 0 Å². The minimum absolute atomic E-state index is 0.253. The third kappa shape index (κ3) is 2.76. The van der Waals surface area contributed by atoms with Crippen LogP contribution < -0.4 is 11.2 Å². The van der Waals surface area contributed by atoms with Gasteiger partial charge in [-0.05, 0) is 30.7 Å². The molecule has 0 N–H and O–H groups in total. The highest BCUT2D eigenvalue weighted by molar-refractivity contribution is 6.42. The Balaban J connectivity index is 2.28. The van der Waals surface area contributed by atoms with Gasteiger partial charge >= 0.3 is 11.6 Å². The largest absolute Gasteiger partial charge is 0.351 e. The number of likely N-dealkylation sites (N-methyl/N-ethyl adjacent to an activating group) is 1. The van der Waals surface area contributed by atoms with Gasteiger partial charge in [0.05, 0.1) is 5.69 Å². The molecule has 0 radical (unpaired) electrons. The summed E-state index contributed by atoms with van der Waals surface area (Å²) in [5.41, 5.74) is -0.828. The van der Waals surface area contributed by atoms with Gasteiger partial charge in [-0.15, -0.1) is 0 Å². The van der Waals surface area contributed by atoms with E-state index in [0.29, 0.717) is 16.3 Å². The Bertz CT molecular complexity index is 1090. The smallest absolute Gasteiger partial charge is 0.287 e. The Hall–Kier alpha value is -3.07. The van der Waals surface area contributed by atoms with E-state index < -0.39 is 28.9 Å². The van der Waals surface area contributed by atoms with Crippen molar-refractivity contribution in [2.24, 2.45) is 12.1 Å². The molecule has 9 nitrogen and oxygen atoms in total. The Morgan fingerprint density at radius 1 is 1.12 bits per heavy atom. The number of hydrogen-bond donors (Lipinski definition) is 0. The third-order valence-electron chi connectivity index (χ3n) is 4.02. The van der Waals surface area contributed by atoms with E-state index in [0.717, 1.165) is 20.5 Å². The van der Waals surface area contributed by atoms with Crippen molar-refractivity contribution in [1.82, 2.24) is 19.4 Å². The van der Waals surface area contributed by atoms with Gasteiger partial charge in [-0.1, -0.05) is 11.6 Å². The average molecular weight is 376 g/mol. The molecule has 0 spiro atoms. The molecule has 1 aromatic heterocycles. The van der Waals surface area contributed by atoms with Gasteiger partial charge < -0.3 is 0 Å². The van der Waals surface area contributed by atoms with Crippen molar-refractivity contribution < 1.29 is 9.59 Å². The molecule has 26 heavy (non-hydrogen) atoms. The molecule has 0 fully saturated rings. The van der Waals surface area contributed by atoms with Crippen LogP contribution in [-0.4, -0.2) is 44.3 Å². The number of nitrogens with zero attached hydrogens (tertiary/aromatic N) is 5. The normalized spacial score (nSPS) is 17.1. The van der Waals surface area contributed by atoms with Gasteiger partial charge in [-0.2, -0.15) is 10.2 Å². The van der Waals surface area contributed by atoms with Gasteiger partial charge in [-0.25, -0.2) is 19.1 Å². The lowest BCUT2D eigenvalue weighted by molar-refractivity contribution is -0.144. The highest BCUT2D eigenvalue weighted by Crippen LogP contribution is 2.18. The Kier molecular flexibility index (Phi) is 4.33. The maximum Gasteiger partial charge on any atom is 0.351 e. The number of carbonyl (C=O) groups excluding carboxylic acids is 2. The number of halogens is 1. The van der Waals surface area contributed by atoms with Crippen molar-refractivity contribution in [2.45, 2.75) is 12.8 Å². The molecule has 1 aliphatic rings. The number of rotatable bonds is 2. The molecule has 1 atom stereocenters. The van der Waals surface area contributed by atoms with Crippen LogP contribution in [0, 0.1) is 6.92 Å². The number of aromatic nitrogens is 3. The molecule has 2 aromatic rings. The first-order valence-corrected chi connectivity index (χ1v) is 7.93. The van der Waals surface area contributed by atoms with E-state index in [-0.39, 0.29) is 5.69 Å². The van der Waals surface area contributed by atoms with Gasteiger partial charge in [0.1, 0.15) is 11.6 Å². The summed E-state index contributed by atoms with van der Waals surface area (Å²) in [6.45, 7) is 1.69. The molecule has 0 saturated carbocycles. The highest BCUT2D eigenvalue weighted by atomic mass is 35.5. The minimum Gasteiger partial charge on any atom is -0.287 e. The lowest BCUT2D eigenvalue weighted by Gasteiger charge is -2.20. The van der Waals surface area contributed by atoms with Crippen LogP contribution in [0.3, 0.4) is 0 Å². The SMILES string of the molecule is Cc1cc(Cl)ccc1-n1c(=O)c(C2C=NN(C)C(=O)C2=O)nn(C)c1=O. The number of benzene rings is 1. The van der Waals surface area contributed by atoms with Crippen LogP contribution in [0.2, 0.25) is 5.02 Å². The van der Waals surface area contributed by atoms with Crippen LogP contribution in [0.4, 0.5) is 0 Å². The summed E-state index contributed by atoms with van der Waals surface area (Å²) < 4.78 is 1.84. The second kappa shape index (κ2) is 6.34. The van der Waals surface area contributed by atoms with E-state index >= 15 is 0 Å². The van der Waals surface area contributed by atoms with E-state index in [9.17, 15) is 19.2 Å². The molecule has 134 valence electrons. The van der Waals surface area contributed by atoms with E-state index in [2.05, 4.69) is 10.2 Å². The maximum absolute atomic E-state index is 12.9. The minimum atomic E-state index is -1.25. The van der Waals surface area contributed by atoms with Crippen LogP contribution in [0.5, 0.6) is 0 Å². The summed E-state index contributed by atoms with van der Waals surface area (Å²) in [5, 5.41) is 9.02. The zero-order chi connectivity index (χ0) is 19.2. The molecule has 2 heterocycles. The van der Waals surface area contributed by atoms with Crippen molar-refractivity contribution in [3.8, 4) is 5.69 Å². The molecule has 1 amide bonds. The molecule has 1 aliphatic heterocycles. The number of hydrazone groups is 1. The summed E-state index contributed by atoms with van der Waals surface area (Å²) in [6.07, 6.45) is 1.16. The van der Waals surface area contributed by atoms with E-state index in [1.165, 1.54) is 20.2 Å². The first-order chi connectivity index (χ1) is 12.2. The van der Waals surface area contributed by atoms with Crippen LogP contribution in [0.1, 0.15) is 17.2 Å². The summed E-state index contributed by atoms with van der Waals surface area (Å²) in [4.78, 5) is 49.6. The first-order valence-electron chi connectivity index (χ1n) is 7.55. The fourth-order valence-corrected chi connectivity index (χ4v) is 2.87. The Morgan fingerprint density at radius 3 is 2.46 bits per heavy atom. The Morgan fingerprint density at radius 2 is 1.81 bits per heavy atom. The molecule has 1 unspecified atom stereocenters. The molecule has 3 rings (SSSR count). The zero-order valence-corrected chi connectivity index (χ0v) is 14.9. The maximum atomic E-state index is 12.9. The number of aryl methyl sites for hydroxylation is 2. The Labute approximate surface area is 152 Å². The molecular weight excluding hydrogens is 362 g/mol. The lowest BCUT2D eigenvalue weighted by Crippen LogP contribution is -2.46. The number of Topliss-reactive ketones (excluding diaryl/α,β-unsaturated/α-hetero) is 1. The van der Waals surface area contributed by atoms with Crippen molar-refractivity contribution in [2.75, 3.05) is 7.05 Å². The summed E-state index contributed by atoms with van der Waals surface area (Å²) in [6, 6.07) is 4.68. The number of carbonyl (C=O) groups is 2. The van der Waals surface area contributed by atoms with Crippen LogP contribution in [-0.2, 0) is 16.6 Å². The van der Waals surface area contributed by atoms with Gasteiger partial charge in [-0.3, -0.25) is 14.4 Å². The first kappa shape index (κ1) is 17.7. The summed E-state index contributed by atoms with van der Waals surface area (Å²) >= 11 is 5.93. The molecule has 0 aliphatic carbocycles. The second-order valence-electron chi connectivity index (χ2n) is 5.80. The molecule has 1 aromatic carbocycles. The average Bonchev–Trinajstić information content (AvgIpc) is 2.58. The van der Waals surface area contributed by atoms with E-state index in [1.807, 2.05) is 0 Å². The highest BCUT2D eigenvalue weighted by Gasteiger charge is 2.35. The monoisotopic (exact) mass is 375 g/mol. The topological polar surface area (TPSA) is 107 Å². The van der Waals surface area contributed by atoms with Gasteiger partial charge in [0.25, 0.3) is 5.56 Å². The fraction of sp³-hybridized carbons (Fsp3) is 0.250. The molecule has 0 bridgehead atoms. The second-order valence-corrected chi connectivity index (χ2v) is 6.23. The van der Waals surface area contributed by atoms with Crippen molar-refractivity contribution >= 4 is 29.5 Å². The van der Waals surface area contributed by atoms with E-state index in [1.54, 1.807) is 19.1 Å². The predicted octanol–water partition coefficient (Wildman–Crippen LogP) is 0.00352. The molecule has 10 heteroatoms. The van der Waals surface area contributed by atoms with Gasteiger partial charge in [0.2, 0.25) is 5.78 Å². The van der Waals surface area contributed by atoms with Crippen molar-refractivity contribution in [1.29, 1.82) is 0 Å². The van der Waals surface area contributed by atoms with E-state index in [4.69, 9.17) is 11.6 Å². The number of hydrogen-bond acceptors (Lipinski definition) is 6. The van der Waals surface area contributed by atoms with Crippen molar-refractivity contribution in [3.63, 3.8) is 0 Å². The summed E-state index contributed by atoms with van der Waals surface area (Å²) in [7, 11) is 2.68. The molecule has 0 saturated heterocycles. The van der Waals surface area contributed by atoms with Gasteiger partial charge in [0, 0.05) is 25.3 Å². The number of ketones is 1. The summed E-state index contributed by atoms with van der Waals surface area (Å²) in [5.74, 6) is -2.95. The quantitative estimate of drug-likeness (QED) is 0.687. The van der Waals surface area contributed by atoms with Crippen molar-refractivity contribution in [3.05, 3.63) is 55.3 Å². The lowest BCUT2D eigenvalue weighted by atomic mass is 10.00. The van der Waals surface area contributed by atoms with Crippen LogP contribution in [0.25, 0.3) is 5.69 Å². The predicted molar refractivity (Wildman–Crippen MR) is 93.8 cm³/mol. The van der Waals surface area contributed by atoms with Crippen LogP contribution in [0.15, 0.2) is 32.9 Å². The third-order valence-corrected chi connectivity index (χ3v) is 4.25. The standard InChI is InChI=1S/C16H14ClN5O4/c1-8-6-9(17)4-5-11(8)22-14(24)12(19-21(3)16(22)26)10-7-18-20(2)15(25)13(10)23/h4-7,10H,1-3H3. The van der Waals surface area contributed by atoms with Crippen LogP contribution >= 0.6 is 11.6 Å².